The number of benzene rings is 1. The Morgan fingerprint density at radius 2 is 2.25 bits per heavy atom. The highest BCUT2D eigenvalue weighted by atomic mass is 16.5. The first-order valence-corrected chi connectivity index (χ1v) is 6.95. The van der Waals surface area contributed by atoms with Gasteiger partial charge < -0.3 is 20.1 Å². The number of rotatable bonds is 6. The minimum Gasteiger partial charge on any atom is -0.497 e. The van der Waals surface area contributed by atoms with Crippen LogP contribution in [0.1, 0.15) is 23.2 Å². The molecule has 5 nitrogen and oxygen atoms in total. The van der Waals surface area contributed by atoms with E-state index in [-0.39, 0.29) is 5.91 Å². The Balaban J connectivity index is 1.93. The lowest BCUT2D eigenvalue weighted by Crippen LogP contribution is -2.26. The highest BCUT2D eigenvalue weighted by Crippen LogP contribution is 2.23. The van der Waals surface area contributed by atoms with Crippen molar-refractivity contribution in [3.8, 4) is 11.5 Å². The number of carbonyl (C=O) groups is 1. The Morgan fingerprint density at radius 3 is 2.90 bits per heavy atom. The Bertz CT molecular complexity index is 456. The van der Waals surface area contributed by atoms with Gasteiger partial charge >= 0.3 is 0 Å². The van der Waals surface area contributed by atoms with E-state index in [0.29, 0.717) is 29.5 Å². The van der Waals surface area contributed by atoms with Crippen molar-refractivity contribution in [1.82, 2.24) is 10.6 Å². The molecule has 1 aliphatic rings. The summed E-state index contributed by atoms with van der Waals surface area (Å²) >= 11 is 0. The van der Waals surface area contributed by atoms with Gasteiger partial charge in [-0.15, -0.1) is 0 Å². The number of amides is 1. The molecule has 1 aliphatic heterocycles. The quantitative estimate of drug-likeness (QED) is 0.826. The monoisotopic (exact) mass is 278 g/mol. The molecule has 2 N–H and O–H groups in total. The van der Waals surface area contributed by atoms with E-state index in [1.807, 2.05) is 0 Å². The summed E-state index contributed by atoms with van der Waals surface area (Å²) in [6.45, 7) is 2.83. The van der Waals surface area contributed by atoms with Gasteiger partial charge in [0.05, 0.1) is 19.8 Å². The number of hydrogen-bond acceptors (Lipinski definition) is 4. The normalized spacial score (nSPS) is 17.8. The van der Waals surface area contributed by atoms with Crippen LogP contribution in [0.25, 0.3) is 0 Å². The molecule has 110 valence electrons. The summed E-state index contributed by atoms with van der Waals surface area (Å²) in [5.74, 6) is 1.76. The van der Waals surface area contributed by atoms with E-state index in [1.165, 1.54) is 6.42 Å². The number of hydrogen-bond donors (Lipinski definition) is 2. The molecule has 1 heterocycles. The molecule has 0 spiro atoms. The van der Waals surface area contributed by atoms with E-state index in [0.717, 1.165) is 19.5 Å². The third-order valence-corrected chi connectivity index (χ3v) is 3.65. The van der Waals surface area contributed by atoms with Crippen LogP contribution in [-0.2, 0) is 0 Å². The lowest BCUT2D eigenvalue weighted by atomic mass is 10.1. The average Bonchev–Trinajstić information content (AvgIpc) is 2.99. The molecule has 0 bridgehead atoms. The summed E-state index contributed by atoms with van der Waals surface area (Å²) in [6, 6.07) is 5.22. The van der Waals surface area contributed by atoms with Gasteiger partial charge in [0.15, 0.2) is 0 Å². The summed E-state index contributed by atoms with van der Waals surface area (Å²) in [6.07, 6.45) is 2.20. The summed E-state index contributed by atoms with van der Waals surface area (Å²) < 4.78 is 10.4. The topological polar surface area (TPSA) is 59.6 Å². The van der Waals surface area contributed by atoms with Crippen molar-refractivity contribution >= 4 is 5.91 Å². The van der Waals surface area contributed by atoms with Crippen molar-refractivity contribution in [1.29, 1.82) is 0 Å². The molecule has 20 heavy (non-hydrogen) atoms. The van der Waals surface area contributed by atoms with Crippen LogP contribution in [0.4, 0.5) is 0 Å². The summed E-state index contributed by atoms with van der Waals surface area (Å²) in [5, 5.41) is 6.28. The van der Waals surface area contributed by atoms with Gasteiger partial charge in [0.25, 0.3) is 5.91 Å². The third-order valence-electron chi connectivity index (χ3n) is 3.65. The predicted octanol–water partition coefficient (Wildman–Crippen LogP) is 1.43. The smallest absolute Gasteiger partial charge is 0.255 e. The maximum absolute atomic E-state index is 12.2. The van der Waals surface area contributed by atoms with Crippen molar-refractivity contribution in [2.75, 3.05) is 33.9 Å². The second kappa shape index (κ2) is 7.14. The second-order valence-corrected chi connectivity index (χ2v) is 4.97. The third kappa shape index (κ3) is 3.63. The van der Waals surface area contributed by atoms with Crippen molar-refractivity contribution in [3.05, 3.63) is 23.8 Å². The van der Waals surface area contributed by atoms with E-state index in [4.69, 9.17) is 9.47 Å². The van der Waals surface area contributed by atoms with Gasteiger partial charge in [0.2, 0.25) is 0 Å². The van der Waals surface area contributed by atoms with Crippen LogP contribution in [0, 0.1) is 5.92 Å². The average molecular weight is 278 g/mol. The molecule has 1 aromatic carbocycles. The fraction of sp³-hybridized carbons (Fsp3) is 0.533. The van der Waals surface area contributed by atoms with Crippen LogP contribution in [0.2, 0.25) is 0 Å². The Morgan fingerprint density at radius 1 is 1.40 bits per heavy atom. The zero-order valence-corrected chi connectivity index (χ0v) is 12.1. The molecule has 0 radical (unpaired) electrons. The molecule has 1 aromatic rings. The van der Waals surface area contributed by atoms with Gasteiger partial charge in [0, 0.05) is 6.54 Å². The molecule has 5 heteroatoms. The van der Waals surface area contributed by atoms with Gasteiger partial charge in [-0.05, 0) is 50.0 Å². The van der Waals surface area contributed by atoms with Gasteiger partial charge in [-0.25, -0.2) is 0 Å². The second-order valence-electron chi connectivity index (χ2n) is 4.97. The lowest BCUT2D eigenvalue weighted by Gasteiger charge is -2.12. The van der Waals surface area contributed by atoms with Crippen LogP contribution in [-0.4, -0.2) is 39.8 Å². The molecule has 0 aliphatic carbocycles. The molecule has 0 aromatic heterocycles. The van der Waals surface area contributed by atoms with Crippen molar-refractivity contribution in [2.24, 2.45) is 5.92 Å². The Kier molecular flexibility index (Phi) is 5.24. The first-order valence-electron chi connectivity index (χ1n) is 6.95. The van der Waals surface area contributed by atoms with Crippen molar-refractivity contribution in [2.45, 2.75) is 12.8 Å². The van der Waals surface area contributed by atoms with Crippen LogP contribution in [0.3, 0.4) is 0 Å². The Labute approximate surface area is 119 Å². The van der Waals surface area contributed by atoms with Crippen LogP contribution in [0.5, 0.6) is 11.5 Å². The van der Waals surface area contributed by atoms with E-state index < -0.39 is 0 Å². The maximum atomic E-state index is 12.2. The summed E-state index contributed by atoms with van der Waals surface area (Å²) in [5.41, 5.74) is 0.511. The predicted molar refractivity (Wildman–Crippen MR) is 77.5 cm³/mol. The highest BCUT2D eigenvalue weighted by Gasteiger charge is 2.16. The first kappa shape index (κ1) is 14.7. The molecule has 1 unspecified atom stereocenters. The van der Waals surface area contributed by atoms with E-state index in [9.17, 15) is 4.79 Å². The van der Waals surface area contributed by atoms with E-state index >= 15 is 0 Å². The minimum absolute atomic E-state index is 0.119. The molecule has 0 saturated carbocycles. The molecular weight excluding hydrogens is 256 g/mol. The van der Waals surface area contributed by atoms with Gasteiger partial charge in [0.1, 0.15) is 11.5 Å². The van der Waals surface area contributed by atoms with Crippen LogP contribution >= 0.6 is 0 Å². The van der Waals surface area contributed by atoms with Gasteiger partial charge in [-0.3, -0.25) is 4.79 Å². The summed E-state index contributed by atoms with van der Waals surface area (Å²) in [7, 11) is 3.14. The largest absolute Gasteiger partial charge is 0.497 e. The fourth-order valence-electron chi connectivity index (χ4n) is 2.44. The number of methoxy groups -OCH3 is 2. The number of nitrogens with one attached hydrogen (secondary N) is 2. The fourth-order valence-corrected chi connectivity index (χ4v) is 2.44. The maximum Gasteiger partial charge on any atom is 0.255 e. The molecule has 1 amide bonds. The van der Waals surface area contributed by atoms with Gasteiger partial charge in [-0.2, -0.15) is 0 Å². The minimum atomic E-state index is -0.119. The zero-order chi connectivity index (χ0) is 14.4. The Hall–Kier alpha value is -1.75. The molecular formula is C15H22N2O3. The van der Waals surface area contributed by atoms with Crippen molar-refractivity contribution in [3.63, 3.8) is 0 Å². The van der Waals surface area contributed by atoms with E-state index in [1.54, 1.807) is 32.4 Å². The van der Waals surface area contributed by atoms with Crippen LogP contribution in [0.15, 0.2) is 18.2 Å². The zero-order valence-electron chi connectivity index (χ0n) is 12.1. The first-order chi connectivity index (χ1) is 9.74. The standard InChI is InChI=1S/C15H22N2O3/c1-19-12-3-4-14(20-2)13(9-12)15(18)17-8-6-11-5-7-16-10-11/h3-4,9,11,16H,5-8,10H2,1-2H3,(H,17,18). The molecule has 2 rings (SSSR count). The molecule has 1 fully saturated rings. The number of carbonyl (C=O) groups excluding carboxylic acids is 1. The highest BCUT2D eigenvalue weighted by molar-refractivity contribution is 5.97. The summed E-state index contributed by atoms with van der Waals surface area (Å²) in [4.78, 5) is 12.2. The van der Waals surface area contributed by atoms with E-state index in [2.05, 4.69) is 10.6 Å². The van der Waals surface area contributed by atoms with Crippen LogP contribution < -0.4 is 20.1 Å². The van der Waals surface area contributed by atoms with Crippen molar-refractivity contribution < 1.29 is 14.3 Å². The van der Waals surface area contributed by atoms with Gasteiger partial charge in [-0.1, -0.05) is 0 Å². The lowest BCUT2D eigenvalue weighted by molar-refractivity contribution is 0.0948. The molecule has 1 saturated heterocycles. The number of ether oxygens (including phenoxy) is 2. The SMILES string of the molecule is COc1ccc(OC)c(C(=O)NCCC2CCNC2)c1. The molecule has 1 atom stereocenters.